The minimum absolute atomic E-state index is 0.153. The Morgan fingerprint density at radius 1 is 0.816 bits per heavy atom. The highest BCUT2D eigenvalue weighted by Gasteiger charge is 2.44. The lowest BCUT2D eigenvalue weighted by molar-refractivity contribution is -0.110. The normalized spacial score (nSPS) is 15.2. The largest absolute Gasteiger partial charge is 0.493 e. The van der Waals surface area contributed by atoms with Gasteiger partial charge in [0.05, 0.1) is 59.9 Å². The average Bonchev–Trinajstić information content (AvgIpc) is 3.45. The lowest BCUT2D eigenvalue weighted by Gasteiger charge is -2.41. The van der Waals surface area contributed by atoms with E-state index in [1.54, 1.807) is 68.5 Å². The van der Waals surface area contributed by atoms with Crippen LogP contribution in [0.3, 0.4) is 0 Å². The van der Waals surface area contributed by atoms with Crippen molar-refractivity contribution in [3.8, 4) is 22.9 Å². The van der Waals surface area contributed by atoms with Crippen molar-refractivity contribution in [1.29, 1.82) is 0 Å². The fourth-order valence-electron chi connectivity index (χ4n) is 6.49. The lowest BCUT2D eigenvalue weighted by Crippen LogP contribution is -2.48. The number of amides is 1. The van der Waals surface area contributed by atoms with Crippen LogP contribution in [0.1, 0.15) is 48.2 Å². The molecule has 0 bridgehead atoms. The molecule has 5 aromatic rings. The standard InChI is InChI=1S/C37H35N5O6S/c1-21(2)23-11-15-25(16-12-23)49(44,45)26-17-13-24(14-18-26)42-35-31(22(3)40-42)32(27-19-20-30(46-4)34(48-6)33(27)47-5)41-29-10-8-7-9-28(29)38-37(43)36(41)39-35/h7-21,32H,1-6H3,(H,38,43). The highest BCUT2D eigenvalue weighted by Crippen LogP contribution is 2.52. The van der Waals surface area contributed by atoms with Gasteiger partial charge in [-0.25, -0.2) is 18.1 Å². The minimum atomic E-state index is -3.76. The van der Waals surface area contributed by atoms with Crippen molar-refractivity contribution in [3.63, 3.8) is 0 Å². The Hall–Kier alpha value is -5.62. The van der Waals surface area contributed by atoms with Crippen molar-refractivity contribution in [1.82, 2.24) is 9.78 Å². The van der Waals surface area contributed by atoms with E-state index in [2.05, 4.69) is 19.2 Å². The monoisotopic (exact) mass is 677 g/mol. The molecular formula is C37H35N5O6S. The summed E-state index contributed by atoms with van der Waals surface area (Å²) in [4.78, 5) is 20.9. The van der Waals surface area contributed by atoms with Gasteiger partial charge >= 0.3 is 0 Å². The van der Waals surface area contributed by atoms with Gasteiger partial charge in [0.1, 0.15) is 0 Å². The van der Waals surface area contributed by atoms with E-state index >= 15 is 0 Å². The quantitative estimate of drug-likeness (QED) is 0.191. The summed E-state index contributed by atoms with van der Waals surface area (Å²) in [7, 11) is 0.892. The summed E-state index contributed by atoms with van der Waals surface area (Å²) in [6.45, 7) is 6.00. The van der Waals surface area contributed by atoms with Gasteiger partial charge in [0.2, 0.25) is 21.4 Å². The number of para-hydroxylation sites is 2. The number of rotatable bonds is 8. The first-order chi connectivity index (χ1) is 23.6. The Labute approximate surface area is 284 Å². The SMILES string of the molecule is COc1ccc(C2c3c(C)nn(-c4ccc(S(=O)(=O)c5ccc(C(C)C)cc5)cc4)c3N=C3C(=O)Nc4ccccc4N32)c(OC)c1OC. The molecular weight excluding hydrogens is 643 g/mol. The van der Waals surface area contributed by atoms with Gasteiger partial charge in [0, 0.05) is 11.1 Å². The molecule has 0 radical (unpaired) electrons. The van der Waals surface area contributed by atoms with E-state index in [1.165, 1.54) is 0 Å². The van der Waals surface area contributed by atoms with Gasteiger partial charge in [-0.05, 0) is 79.1 Å². The molecule has 2 aliphatic heterocycles. The van der Waals surface area contributed by atoms with Crippen molar-refractivity contribution in [2.45, 2.75) is 42.5 Å². The molecule has 250 valence electrons. The van der Waals surface area contributed by atoms with Crippen LogP contribution in [0.4, 0.5) is 17.2 Å². The summed E-state index contributed by atoms with van der Waals surface area (Å²) in [5.74, 6) is 1.83. The molecule has 4 aromatic carbocycles. The predicted octanol–water partition coefficient (Wildman–Crippen LogP) is 6.75. The summed E-state index contributed by atoms with van der Waals surface area (Å²) in [6.07, 6.45) is 0. The molecule has 7 rings (SSSR count). The van der Waals surface area contributed by atoms with E-state index in [0.717, 1.165) is 16.8 Å². The molecule has 3 heterocycles. The number of ether oxygens (including phenoxy) is 3. The number of amidine groups is 1. The topological polar surface area (TPSA) is 124 Å². The predicted molar refractivity (Wildman–Crippen MR) is 187 cm³/mol. The van der Waals surface area contributed by atoms with Gasteiger partial charge in [-0.3, -0.25) is 4.79 Å². The third-order valence-corrected chi connectivity index (χ3v) is 10.7. The molecule has 12 heteroatoms. The maximum Gasteiger partial charge on any atom is 0.291 e. The van der Waals surface area contributed by atoms with Gasteiger partial charge < -0.3 is 24.4 Å². The third-order valence-electron chi connectivity index (χ3n) is 8.95. The molecule has 0 saturated heterocycles. The van der Waals surface area contributed by atoms with Gasteiger partial charge in [0.25, 0.3) is 5.91 Å². The second-order valence-electron chi connectivity index (χ2n) is 12.1. The number of fused-ring (bicyclic) bond motifs is 4. The average molecular weight is 678 g/mol. The molecule has 0 fully saturated rings. The number of sulfone groups is 1. The first-order valence-corrected chi connectivity index (χ1v) is 17.2. The number of carbonyl (C=O) groups is 1. The van der Waals surface area contributed by atoms with Crippen LogP contribution in [0.25, 0.3) is 5.69 Å². The Morgan fingerprint density at radius 2 is 1.47 bits per heavy atom. The van der Waals surface area contributed by atoms with Gasteiger partial charge in [-0.2, -0.15) is 5.10 Å². The maximum atomic E-state index is 13.7. The lowest BCUT2D eigenvalue weighted by atomic mass is 9.92. The van der Waals surface area contributed by atoms with Crippen LogP contribution >= 0.6 is 0 Å². The highest BCUT2D eigenvalue weighted by atomic mass is 32.2. The van der Waals surface area contributed by atoms with Crippen LogP contribution in [0, 0.1) is 6.92 Å². The zero-order valence-corrected chi connectivity index (χ0v) is 28.7. The number of hydrogen-bond acceptors (Lipinski definition) is 9. The molecule has 1 aromatic heterocycles. The number of aliphatic imine (C=N–C) groups is 1. The Balaban J connectivity index is 1.39. The molecule has 0 spiro atoms. The van der Waals surface area contributed by atoms with Crippen LogP contribution in [-0.2, 0) is 14.6 Å². The number of carbonyl (C=O) groups excluding carboxylic acids is 1. The van der Waals surface area contributed by atoms with Crippen LogP contribution in [0.5, 0.6) is 17.2 Å². The van der Waals surface area contributed by atoms with E-state index in [9.17, 15) is 13.2 Å². The van der Waals surface area contributed by atoms with Crippen LogP contribution in [-0.4, -0.2) is 51.3 Å². The van der Waals surface area contributed by atoms with E-state index < -0.39 is 15.9 Å². The summed E-state index contributed by atoms with van der Waals surface area (Å²) in [6, 6.07) is 24.1. The minimum Gasteiger partial charge on any atom is -0.493 e. The summed E-state index contributed by atoms with van der Waals surface area (Å²) in [5.41, 5.74) is 5.12. The molecule has 0 saturated carbocycles. The molecule has 1 unspecified atom stereocenters. The van der Waals surface area contributed by atoms with Gasteiger partial charge in [-0.15, -0.1) is 0 Å². The Morgan fingerprint density at radius 3 is 2.10 bits per heavy atom. The van der Waals surface area contributed by atoms with Gasteiger partial charge in [-0.1, -0.05) is 38.1 Å². The number of aryl methyl sites for hydroxylation is 1. The molecule has 49 heavy (non-hydrogen) atoms. The van der Waals surface area contributed by atoms with Crippen molar-refractivity contribution < 1.29 is 27.4 Å². The Bertz CT molecular complexity index is 2240. The van der Waals surface area contributed by atoms with E-state index in [0.29, 0.717) is 45.7 Å². The van der Waals surface area contributed by atoms with E-state index in [-0.39, 0.29) is 27.5 Å². The summed E-state index contributed by atoms with van der Waals surface area (Å²) >= 11 is 0. The summed E-state index contributed by atoms with van der Waals surface area (Å²) < 4.78 is 46.0. The van der Waals surface area contributed by atoms with Crippen molar-refractivity contribution in [3.05, 3.63) is 107 Å². The number of nitrogens with one attached hydrogen (secondary N) is 1. The van der Waals surface area contributed by atoms with Crippen LogP contribution in [0.15, 0.2) is 99.7 Å². The number of nitrogens with zero attached hydrogens (tertiary/aromatic N) is 4. The van der Waals surface area contributed by atoms with Crippen molar-refractivity contribution in [2.75, 3.05) is 31.5 Å². The fourth-order valence-corrected chi connectivity index (χ4v) is 7.75. The molecule has 1 atom stereocenters. The van der Waals surface area contributed by atoms with Crippen LogP contribution in [0.2, 0.25) is 0 Å². The molecule has 2 aliphatic rings. The second-order valence-corrected chi connectivity index (χ2v) is 14.0. The second kappa shape index (κ2) is 12.1. The first-order valence-electron chi connectivity index (χ1n) is 15.7. The summed E-state index contributed by atoms with van der Waals surface area (Å²) in [5, 5.41) is 7.85. The molecule has 1 N–H and O–H groups in total. The van der Waals surface area contributed by atoms with Crippen molar-refractivity contribution in [2.24, 2.45) is 4.99 Å². The third kappa shape index (κ3) is 5.10. The molecule has 1 amide bonds. The Kier molecular flexibility index (Phi) is 7.90. The van der Waals surface area contributed by atoms with Crippen LogP contribution < -0.4 is 24.4 Å². The van der Waals surface area contributed by atoms with Gasteiger partial charge in [0.15, 0.2) is 17.3 Å². The maximum absolute atomic E-state index is 13.7. The number of aromatic nitrogens is 2. The highest BCUT2D eigenvalue weighted by molar-refractivity contribution is 7.91. The smallest absolute Gasteiger partial charge is 0.291 e. The number of hydrogen-bond donors (Lipinski definition) is 1. The zero-order chi connectivity index (χ0) is 34.6. The molecule has 11 nitrogen and oxygen atoms in total. The first kappa shape index (κ1) is 32.0. The number of methoxy groups -OCH3 is 3. The fraction of sp³-hybridized carbons (Fsp3) is 0.216. The van der Waals surface area contributed by atoms with E-state index in [1.807, 2.05) is 54.3 Å². The number of anilines is 2. The molecule has 0 aliphatic carbocycles. The van der Waals surface area contributed by atoms with Crippen molar-refractivity contribution >= 4 is 38.8 Å². The van der Waals surface area contributed by atoms with E-state index in [4.69, 9.17) is 24.3 Å². The number of benzene rings is 4. The zero-order valence-electron chi connectivity index (χ0n) is 27.9.